The molecule has 0 unspecified atom stereocenters. The third-order valence-corrected chi connectivity index (χ3v) is 5.52. The third kappa shape index (κ3) is 5.30. The lowest BCUT2D eigenvalue weighted by Crippen LogP contribution is -2.43. The maximum absolute atomic E-state index is 12.8. The van der Waals surface area contributed by atoms with E-state index >= 15 is 0 Å². The van der Waals surface area contributed by atoms with E-state index in [1.165, 1.54) is 4.68 Å². The van der Waals surface area contributed by atoms with Gasteiger partial charge in [-0.05, 0) is 51.7 Å². The number of nitrogens with one attached hydrogen (secondary N) is 2. The molecule has 0 fully saturated rings. The molecule has 9 nitrogen and oxygen atoms in total. The minimum absolute atomic E-state index is 0.0841. The molecule has 3 aromatic rings. The molecule has 2 heterocycles. The Labute approximate surface area is 193 Å². The van der Waals surface area contributed by atoms with Crippen molar-refractivity contribution in [2.75, 3.05) is 0 Å². The summed E-state index contributed by atoms with van der Waals surface area (Å²) in [5.41, 5.74) is 7.75. The second kappa shape index (κ2) is 9.97. The molecule has 0 aliphatic heterocycles. The molecule has 1 aromatic carbocycles. The van der Waals surface area contributed by atoms with Gasteiger partial charge in [-0.25, -0.2) is 4.68 Å². The van der Waals surface area contributed by atoms with Crippen molar-refractivity contribution in [2.45, 2.75) is 67.0 Å². The van der Waals surface area contributed by atoms with Crippen LogP contribution in [0.25, 0.3) is 10.8 Å². The normalized spacial score (nSPS) is 11.4. The Balaban J connectivity index is 1.69. The van der Waals surface area contributed by atoms with Crippen LogP contribution in [0.1, 0.15) is 67.6 Å². The average molecular weight is 453 g/mol. The van der Waals surface area contributed by atoms with Gasteiger partial charge in [-0.15, -0.1) is 0 Å². The largest absolute Gasteiger partial charge is 0.290 e. The topological polar surface area (TPSA) is 111 Å². The molecule has 0 aliphatic carbocycles. The molecular weight excluding hydrogens is 420 g/mol. The highest BCUT2D eigenvalue weighted by molar-refractivity contribution is 6.05. The van der Waals surface area contributed by atoms with E-state index in [4.69, 9.17) is 0 Å². The monoisotopic (exact) mass is 452 g/mol. The Kier molecular flexibility index (Phi) is 7.30. The highest BCUT2D eigenvalue weighted by Crippen LogP contribution is 2.17. The summed E-state index contributed by atoms with van der Waals surface area (Å²) in [5, 5.41) is 9.67. The molecule has 176 valence electrons. The lowest BCUT2D eigenvalue weighted by atomic mass is 10.1. The van der Waals surface area contributed by atoms with Crippen molar-refractivity contribution in [3.63, 3.8) is 0 Å². The van der Waals surface area contributed by atoms with Gasteiger partial charge < -0.3 is 0 Å². The number of rotatable bonds is 7. The summed E-state index contributed by atoms with van der Waals surface area (Å²) in [6.07, 6.45) is 0.728. The number of hydrogen-bond donors (Lipinski definition) is 2. The second-order valence-electron chi connectivity index (χ2n) is 8.97. The first-order chi connectivity index (χ1) is 15.6. The van der Waals surface area contributed by atoms with Crippen molar-refractivity contribution in [2.24, 2.45) is 5.92 Å². The summed E-state index contributed by atoms with van der Waals surface area (Å²) in [6, 6.07) is 6.60. The standard InChI is InChI=1S/C24H32N6O3/c1-14(2)13-29-17(6)18(16(5)27-29)11-12-21(31)25-26-23(32)22-19-9-7-8-10-20(19)24(33)30(28-22)15(3)4/h7-10,14-15H,11-13H2,1-6H3,(H,25,31)(H,26,32). The summed E-state index contributed by atoms with van der Waals surface area (Å²) in [5.74, 6) is -0.421. The van der Waals surface area contributed by atoms with Crippen LogP contribution in [0.5, 0.6) is 0 Å². The molecule has 3 rings (SSSR count). The van der Waals surface area contributed by atoms with E-state index in [-0.39, 0.29) is 29.6 Å². The maximum atomic E-state index is 12.8. The highest BCUT2D eigenvalue weighted by atomic mass is 16.2. The Bertz CT molecular complexity index is 1240. The fourth-order valence-corrected chi connectivity index (χ4v) is 3.83. The third-order valence-electron chi connectivity index (χ3n) is 5.52. The van der Waals surface area contributed by atoms with Gasteiger partial charge >= 0.3 is 0 Å². The van der Waals surface area contributed by atoms with Gasteiger partial charge in [0.05, 0.1) is 17.1 Å². The molecule has 0 radical (unpaired) electrons. The van der Waals surface area contributed by atoms with Gasteiger partial charge in [0.2, 0.25) is 5.91 Å². The number of fused-ring (bicyclic) bond motifs is 1. The zero-order valence-corrected chi connectivity index (χ0v) is 20.1. The molecule has 9 heteroatoms. The summed E-state index contributed by atoms with van der Waals surface area (Å²) >= 11 is 0. The van der Waals surface area contributed by atoms with E-state index < -0.39 is 5.91 Å². The van der Waals surface area contributed by atoms with Crippen molar-refractivity contribution >= 4 is 22.6 Å². The Morgan fingerprint density at radius 1 is 1.00 bits per heavy atom. The zero-order valence-electron chi connectivity index (χ0n) is 20.1. The van der Waals surface area contributed by atoms with Crippen LogP contribution in [0.2, 0.25) is 0 Å². The number of aryl methyl sites for hydroxylation is 1. The molecule has 0 spiro atoms. The molecule has 0 saturated carbocycles. The molecule has 33 heavy (non-hydrogen) atoms. The van der Waals surface area contributed by atoms with Crippen molar-refractivity contribution in [1.29, 1.82) is 0 Å². The first-order valence-electron chi connectivity index (χ1n) is 11.2. The van der Waals surface area contributed by atoms with Gasteiger partial charge in [0, 0.05) is 24.0 Å². The smallest absolute Gasteiger partial charge is 0.273 e. The van der Waals surface area contributed by atoms with Crippen molar-refractivity contribution in [3.8, 4) is 0 Å². The summed E-state index contributed by atoms with van der Waals surface area (Å²) in [7, 11) is 0. The quantitative estimate of drug-likeness (QED) is 0.536. The van der Waals surface area contributed by atoms with E-state index in [0.29, 0.717) is 23.1 Å². The Morgan fingerprint density at radius 2 is 1.67 bits per heavy atom. The lowest BCUT2D eigenvalue weighted by molar-refractivity contribution is -0.121. The van der Waals surface area contributed by atoms with Crippen LogP contribution >= 0.6 is 0 Å². The Hall–Kier alpha value is -3.49. The van der Waals surface area contributed by atoms with E-state index in [1.54, 1.807) is 24.3 Å². The number of hydrogen-bond acceptors (Lipinski definition) is 5. The van der Waals surface area contributed by atoms with Crippen LogP contribution < -0.4 is 16.4 Å². The maximum Gasteiger partial charge on any atom is 0.290 e. The summed E-state index contributed by atoms with van der Waals surface area (Å²) < 4.78 is 3.26. The van der Waals surface area contributed by atoms with Crippen LogP contribution in [0.3, 0.4) is 0 Å². The first-order valence-corrected chi connectivity index (χ1v) is 11.2. The lowest BCUT2D eigenvalue weighted by Gasteiger charge is -2.14. The second-order valence-corrected chi connectivity index (χ2v) is 8.97. The Morgan fingerprint density at radius 3 is 2.30 bits per heavy atom. The summed E-state index contributed by atoms with van der Waals surface area (Å²) in [6.45, 7) is 12.7. The van der Waals surface area contributed by atoms with Crippen LogP contribution in [0, 0.1) is 19.8 Å². The predicted molar refractivity (Wildman–Crippen MR) is 127 cm³/mol. The minimum Gasteiger partial charge on any atom is -0.273 e. The molecule has 0 bridgehead atoms. The van der Waals surface area contributed by atoms with Crippen LogP contribution in [-0.2, 0) is 17.8 Å². The number of benzene rings is 1. The van der Waals surface area contributed by atoms with E-state index in [2.05, 4.69) is 34.9 Å². The van der Waals surface area contributed by atoms with Crippen molar-refractivity contribution < 1.29 is 9.59 Å². The van der Waals surface area contributed by atoms with Crippen LogP contribution in [0.4, 0.5) is 0 Å². The van der Waals surface area contributed by atoms with Gasteiger partial charge in [0.25, 0.3) is 11.5 Å². The SMILES string of the molecule is Cc1nn(CC(C)C)c(C)c1CCC(=O)NNC(=O)c1nn(C(C)C)c(=O)c2ccccc12. The highest BCUT2D eigenvalue weighted by Gasteiger charge is 2.19. The molecular formula is C24H32N6O3. The molecule has 0 saturated heterocycles. The van der Waals surface area contributed by atoms with Gasteiger partial charge in [0.1, 0.15) is 0 Å². The zero-order chi connectivity index (χ0) is 24.3. The minimum atomic E-state index is -0.578. The number of carbonyl (C=O) groups is 2. The molecule has 0 atom stereocenters. The first kappa shape index (κ1) is 24.2. The van der Waals surface area contributed by atoms with Crippen molar-refractivity contribution in [1.82, 2.24) is 30.4 Å². The fraction of sp³-hybridized carbons (Fsp3) is 0.458. The van der Waals surface area contributed by atoms with Gasteiger partial charge in [-0.2, -0.15) is 10.2 Å². The number of amides is 2. The van der Waals surface area contributed by atoms with E-state index in [1.807, 2.05) is 32.4 Å². The van der Waals surface area contributed by atoms with Crippen LogP contribution in [-0.4, -0.2) is 31.4 Å². The van der Waals surface area contributed by atoms with Gasteiger partial charge in [-0.1, -0.05) is 32.0 Å². The predicted octanol–water partition coefficient (Wildman–Crippen LogP) is 2.84. The number of carbonyl (C=O) groups excluding carboxylic acids is 2. The van der Waals surface area contributed by atoms with E-state index in [0.717, 1.165) is 23.5 Å². The molecule has 2 N–H and O–H groups in total. The molecule has 2 aromatic heterocycles. The van der Waals surface area contributed by atoms with Crippen LogP contribution in [0.15, 0.2) is 29.1 Å². The van der Waals surface area contributed by atoms with Gasteiger partial charge in [0.15, 0.2) is 5.69 Å². The van der Waals surface area contributed by atoms with E-state index in [9.17, 15) is 14.4 Å². The number of nitrogens with zero attached hydrogens (tertiary/aromatic N) is 4. The number of hydrazine groups is 1. The average Bonchev–Trinajstić information content (AvgIpc) is 3.02. The molecule has 0 aliphatic rings. The fourth-order valence-electron chi connectivity index (χ4n) is 3.83. The summed E-state index contributed by atoms with van der Waals surface area (Å²) in [4.78, 5) is 37.9. The van der Waals surface area contributed by atoms with Gasteiger partial charge in [-0.3, -0.25) is 29.9 Å². The van der Waals surface area contributed by atoms with Crippen molar-refractivity contribution in [3.05, 3.63) is 57.3 Å². The number of aromatic nitrogens is 4. The molecule has 2 amide bonds.